The minimum atomic E-state index is 0.746. The van der Waals surface area contributed by atoms with Crippen LogP contribution in [0.4, 0.5) is 0 Å². The molecule has 0 aliphatic heterocycles. The SMILES string of the molecule is CCNCc1cc(Cl)ccc1-n1nc(CC)nc1CC. The Morgan fingerprint density at radius 3 is 2.65 bits per heavy atom. The van der Waals surface area contributed by atoms with Crippen molar-refractivity contribution in [2.75, 3.05) is 6.54 Å². The van der Waals surface area contributed by atoms with Gasteiger partial charge in [0.15, 0.2) is 5.82 Å². The third-order valence-corrected chi connectivity index (χ3v) is 3.42. The van der Waals surface area contributed by atoms with Gasteiger partial charge in [-0.15, -0.1) is 0 Å². The van der Waals surface area contributed by atoms with E-state index in [1.165, 1.54) is 0 Å². The van der Waals surface area contributed by atoms with Gasteiger partial charge in [0.25, 0.3) is 0 Å². The molecule has 0 aliphatic carbocycles. The standard InChI is InChI=1S/C15H21ClN4/c1-4-14-18-15(5-2)20(19-14)13-8-7-12(16)9-11(13)10-17-6-3/h7-9,17H,4-6,10H2,1-3H3. The van der Waals surface area contributed by atoms with Crippen molar-refractivity contribution >= 4 is 11.6 Å². The third-order valence-electron chi connectivity index (χ3n) is 3.19. The Bertz CT molecular complexity index is 577. The normalized spacial score (nSPS) is 11.0. The summed E-state index contributed by atoms with van der Waals surface area (Å²) in [4.78, 5) is 4.57. The van der Waals surface area contributed by atoms with E-state index in [2.05, 4.69) is 36.2 Å². The average Bonchev–Trinajstić information content (AvgIpc) is 2.88. The van der Waals surface area contributed by atoms with Crippen molar-refractivity contribution in [2.45, 2.75) is 40.2 Å². The topological polar surface area (TPSA) is 42.7 Å². The molecule has 5 heteroatoms. The molecule has 0 aliphatic rings. The van der Waals surface area contributed by atoms with Crippen molar-refractivity contribution in [3.63, 3.8) is 0 Å². The predicted molar refractivity (Wildman–Crippen MR) is 82.5 cm³/mol. The molecule has 0 spiro atoms. The Morgan fingerprint density at radius 2 is 2.00 bits per heavy atom. The molecule has 0 bridgehead atoms. The number of nitrogens with one attached hydrogen (secondary N) is 1. The Morgan fingerprint density at radius 1 is 1.20 bits per heavy atom. The van der Waals surface area contributed by atoms with Crippen molar-refractivity contribution in [3.8, 4) is 5.69 Å². The first-order valence-electron chi connectivity index (χ1n) is 7.13. The molecule has 0 saturated heterocycles. The molecule has 1 heterocycles. The first kappa shape index (κ1) is 15.0. The predicted octanol–water partition coefficient (Wildman–Crippen LogP) is 3.16. The molecule has 20 heavy (non-hydrogen) atoms. The number of halogens is 1. The molecule has 0 saturated carbocycles. The summed E-state index contributed by atoms with van der Waals surface area (Å²) in [5.41, 5.74) is 2.20. The maximum Gasteiger partial charge on any atom is 0.151 e. The highest BCUT2D eigenvalue weighted by Gasteiger charge is 2.12. The van der Waals surface area contributed by atoms with E-state index in [1.54, 1.807) is 0 Å². The van der Waals surface area contributed by atoms with Gasteiger partial charge >= 0.3 is 0 Å². The molecule has 0 radical (unpaired) electrons. The molecule has 0 fully saturated rings. The lowest BCUT2D eigenvalue weighted by molar-refractivity contribution is 0.709. The Labute approximate surface area is 125 Å². The fourth-order valence-corrected chi connectivity index (χ4v) is 2.32. The summed E-state index contributed by atoms with van der Waals surface area (Å²) in [5.74, 6) is 1.87. The quantitative estimate of drug-likeness (QED) is 0.889. The summed E-state index contributed by atoms with van der Waals surface area (Å²) in [6.45, 7) is 7.95. The summed E-state index contributed by atoms with van der Waals surface area (Å²) >= 11 is 6.12. The van der Waals surface area contributed by atoms with E-state index in [4.69, 9.17) is 11.6 Å². The summed E-state index contributed by atoms with van der Waals surface area (Å²) in [6.07, 6.45) is 1.70. The molecule has 0 amide bonds. The van der Waals surface area contributed by atoms with Crippen molar-refractivity contribution in [2.24, 2.45) is 0 Å². The first-order valence-corrected chi connectivity index (χ1v) is 7.51. The smallest absolute Gasteiger partial charge is 0.151 e. The molecule has 0 atom stereocenters. The van der Waals surface area contributed by atoms with Gasteiger partial charge in [0, 0.05) is 24.4 Å². The zero-order chi connectivity index (χ0) is 14.5. The van der Waals surface area contributed by atoms with E-state index in [1.807, 2.05) is 22.9 Å². The number of hydrogen-bond donors (Lipinski definition) is 1. The second-order valence-electron chi connectivity index (χ2n) is 4.62. The lowest BCUT2D eigenvalue weighted by Crippen LogP contribution is -2.15. The van der Waals surface area contributed by atoms with Crippen LogP contribution in [-0.4, -0.2) is 21.3 Å². The molecule has 1 aromatic carbocycles. The minimum absolute atomic E-state index is 0.746. The Kier molecular flexibility index (Phi) is 5.15. The zero-order valence-corrected chi connectivity index (χ0v) is 13.0. The van der Waals surface area contributed by atoms with Crippen LogP contribution in [0.2, 0.25) is 5.02 Å². The van der Waals surface area contributed by atoms with E-state index in [0.29, 0.717) is 0 Å². The maximum absolute atomic E-state index is 6.12. The van der Waals surface area contributed by atoms with E-state index in [0.717, 1.165) is 53.9 Å². The molecule has 108 valence electrons. The van der Waals surface area contributed by atoms with Gasteiger partial charge in [-0.05, 0) is 30.3 Å². The number of nitrogens with zero attached hydrogens (tertiary/aromatic N) is 3. The van der Waals surface area contributed by atoms with Crippen LogP contribution in [0.3, 0.4) is 0 Å². The molecule has 4 nitrogen and oxygen atoms in total. The van der Waals surface area contributed by atoms with Gasteiger partial charge in [0.05, 0.1) is 5.69 Å². The molecule has 0 unspecified atom stereocenters. The van der Waals surface area contributed by atoms with Gasteiger partial charge in [-0.2, -0.15) is 5.10 Å². The number of rotatable bonds is 6. The summed E-state index contributed by atoms with van der Waals surface area (Å²) in [5, 5.41) is 8.69. The van der Waals surface area contributed by atoms with Gasteiger partial charge in [-0.1, -0.05) is 32.4 Å². The highest BCUT2D eigenvalue weighted by Crippen LogP contribution is 2.21. The van der Waals surface area contributed by atoms with Crippen molar-refractivity contribution in [1.82, 2.24) is 20.1 Å². The second-order valence-corrected chi connectivity index (χ2v) is 5.05. The van der Waals surface area contributed by atoms with Gasteiger partial charge < -0.3 is 5.32 Å². The number of aromatic nitrogens is 3. The van der Waals surface area contributed by atoms with Crippen molar-refractivity contribution in [1.29, 1.82) is 0 Å². The fraction of sp³-hybridized carbons (Fsp3) is 0.467. The largest absolute Gasteiger partial charge is 0.313 e. The van der Waals surface area contributed by atoms with E-state index in [-0.39, 0.29) is 0 Å². The highest BCUT2D eigenvalue weighted by atomic mass is 35.5. The second kappa shape index (κ2) is 6.86. The average molecular weight is 293 g/mol. The molecule has 1 aromatic heterocycles. The van der Waals surface area contributed by atoms with Gasteiger partial charge in [0.1, 0.15) is 5.82 Å². The van der Waals surface area contributed by atoms with Crippen LogP contribution in [0.1, 0.15) is 38.0 Å². The van der Waals surface area contributed by atoms with Gasteiger partial charge in [0.2, 0.25) is 0 Å². The monoisotopic (exact) mass is 292 g/mol. The fourth-order valence-electron chi connectivity index (χ4n) is 2.13. The summed E-state index contributed by atoms with van der Waals surface area (Å²) in [7, 11) is 0. The number of aryl methyl sites for hydroxylation is 2. The van der Waals surface area contributed by atoms with E-state index >= 15 is 0 Å². The Balaban J connectivity index is 2.47. The molecular weight excluding hydrogens is 272 g/mol. The van der Waals surface area contributed by atoms with Crippen LogP contribution in [-0.2, 0) is 19.4 Å². The zero-order valence-electron chi connectivity index (χ0n) is 12.3. The number of hydrogen-bond acceptors (Lipinski definition) is 3. The van der Waals surface area contributed by atoms with Crippen LogP contribution >= 0.6 is 11.6 Å². The van der Waals surface area contributed by atoms with Gasteiger partial charge in [-0.25, -0.2) is 9.67 Å². The van der Waals surface area contributed by atoms with Crippen LogP contribution in [0.15, 0.2) is 18.2 Å². The lowest BCUT2D eigenvalue weighted by Gasteiger charge is -2.12. The summed E-state index contributed by atoms with van der Waals surface area (Å²) in [6, 6.07) is 5.91. The van der Waals surface area contributed by atoms with Crippen LogP contribution in [0.25, 0.3) is 5.69 Å². The molecule has 2 aromatic rings. The van der Waals surface area contributed by atoms with Crippen LogP contribution in [0, 0.1) is 0 Å². The van der Waals surface area contributed by atoms with Crippen molar-refractivity contribution in [3.05, 3.63) is 40.4 Å². The molecule has 2 rings (SSSR count). The Hall–Kier alpha value is -1.39. The van der Waals surface area contributed by atoms with Crippen molar-refractivity contribution < 1.29 is 0 Å². The molecular formula is C15H21ClN4. The van der Waals surface area contributed by atoms with Gasteiger partial charge in [-0.3, -0.25) is 0 Å². The van der Waals surface area contributed by atoms with E-state index < -0.39 is 0 Å². The highest BCUT2D eigenvalue weighted by molar-refractivity contribution is 6.30. The lowest BCUT2D eigenvalue weighted by atomic mass is 10.1. The third kappa shape index (κ3) is 3.19. The molecule has 1 N–H and O–H groups in total. The van der Waals surface area contributed by atoms with E-state index in [9.17, 15) is 0 Å². The minimum Gasteiger partial charge on any atom is -0.313 e. The van der Waals surface area contributed by atoms with Crippen LogP contribution < -0.4 is 5.32 Å². The summed E-state index contributed by atoms with van der Waals surface area (Å²) < 4.78 is 1.95. The number of benzene rings is 1. The van der Waals surface area contributed by atoms with Crippen LogP contribution in [0.5, 0.6) is 0 Å². The first-order chi connectivity index (χ1) is 9.69. The maximum atomic E-state index is 6.12.